The van der Waals surface area contributed by atoms with E-state index in [-0.39, 0.29) is 6.10 Å². The molecule has 0 saturated carbocycles. The minimum atomic E-state index is -1.65. The first-order chi connectivity index (χ1) is 4.36. The highest BCUT2D eigenvalue weighted by Gasteiger charge is 2.14. The predicted molar refractivity (Wildman–Crippen MR) is 50.1 cm³/mol. The lowest BCUT2D eigenvalue weighted by molar-refractivity contribution is 0.254. The largest absolute Gasteiger partial charge is 0.335 e. The average Bonchev–Trinajstić information content (AvgIpc) is 1.60. The minimum Gasteiger partial charge on any atom is -0.335 e. The molecule has 0 rings (SSSR count). The lowest BCUT2D eigenvalue weighted by Gasteiger charge is -2.26. The highest BCUT2D eigenvalue weighted by molar-refractivity contribution is 8.10. The van der Waals surface area contributed by atoms with Crippen LogP contribution in [0.5, 0.6) is 0 Å². The molecule has 0 aliphatic heterocycles. The molecule has 0 heterocycles. The van der Waals surface area contributed by atoms with Crippen LogP contribution in [0, 0.1) is 0 Å². The maximum absolute atomic E-state index is 5.55. The summed E-state index contributed by atoms with van der Waals surface area (Å²) in [5.74, 6) is 0. The molecule has 0 amide bonds. The van der Waals surface area contributed by atoms with Crippen molar-refractivity contribution in [2.75, 3.05) is 20.8 Å². The Bertz CT molecular complexity index is 147. The summed E-state index contributed by atoms with van der Waals surface area (Å²) in [5, 5.41) is 0. The Labute approximate surface area is 68.7 Å². The van der Waals surface area contributed by atoms with E-state index in [0.29, 0.717) is 0 Å². The molecule has 0 fully saturated rings. The van der Waals surface area contributed by atoms with Gasteiger partial charge in [0.2, 0.25) is 0 Å². The summed E-state index contributed by atoms with van der Waals surface area (Å²) >= 11 is 5.26. The fraction of sp³-hybridized carbons (Fsp3) is 1.00. The zero-order chi connectivity index (χ0) is 8.36. The van der Waals surface area contributed by atoms with Crippen LogP contribution in [0.4, 0.5) is 0 Å². The van der Waals surface area contributed by atoms with Crippen molar-refractivity contribution in [3.05, 3.63) is 0 Å². The summed E-state index contributed by atoms with van der Waals surface area (Å²) in [7, 11) is 3.92. The van der Waals surface area contributed by atoms with Crippen LogP contribution in [-0.4, -0.2) is 31.5 Å². The number of nitrogens with zero attached hydrogens (tertiary/aromatic N) is 1. The lowest BCUT2D eigenvalue weighted by Crippen LogP contribution is -2.12. The van der Waals surface area contributed by atoms with Crippen molar-refractivity contribution in [3.63, 3.8) is 0 Å². The topological polar surface area (TPSA) is 12.5 Å². The molecule has 0 N–H and O–H groups in total. The SMILES string of the molecule is CC(C)OP(C)(=S)N(C)C. The van der Waals surface area contributed by atoms with Crippen molar-refractivity contribution in [2.24, 2.45) is 0 Å². The fourth-order valence-corrected chi connectivity index (χ4v) is 1.97. The molecule has 0 radical (unpaired) electrons. The molecule has 1 atom stereocenters. The average molecular weight is 181 g/mol. The van der Waals surface area contributed by atoms with Gasteiger partial charge in [0.05, 0.1) is 6.10 Å². The molecule has 4 heteroatoms. The molecule has 0 aromatic heterocycles. The molecule has 0 aliphatic rings. The van der Waals surface area contributed by atoms with Gasteiger partial charge in [-0.15, -0.1) is 0 Å². The van der Waals surface area contributed by atoms with Crippen LogP contribution in [-0.2, 0) is 16.3 Å². The van der Waals surface area contributed by atoms with Gasteiger partial charge < -0.3 is 4.52 Å². The van der Waals surface area contributed by atoms with Crippen LogP contribution in [0.3, 0.4) is 0 Å². The van der Waals surface area contributed by atoms with Gasteiger partial charge in [-0.1, -0.05) is 11.8 Å². The first-order valence-corrected chi connectivity index (χ1v) is 6.42. The zero-order valence-corrected chi connectivity index (χ0v) is 9.00. The van der Waals surface area contributed by atoms with Gasteiger partial charge in [-0.05, 0) is 27.9 Å². The Balaban J connectivity index is 4.01. The van der Waals surface area contributed by atoms with E-state index in [1.165, 1.54) is 0 Å². The van der Waals surface area contributed by atoms with Gasteiger partial charge in [-0.3, -0.25) is 4.67 Å². The Hall–Kier alpha value is 0.570. The summed E-state index contributed by atoms with van der Waals surface area (Å²) in [6.07, 6.45) is -1.42. The van der Waals surface area contributed by atoms with Gasteiger partial charge in [-0.2, -0.15) is 0 Å². The van der Waals surface area contributed by atoms with Crippen LogP contribution in [0.25, 0.3) is 0 Å². The van der Waals surface area contributed by atoms with E-state index in [4.69, 9.17) is 16.3 Å². The number of hydrogen-bond donors (Lipinski definition) is 0. The molecular weight excluding hydrogens is 165 g/mol. The van der Waals surface area contributed by atoms with Crippen LogP contribution in [0.2, 0.25) is 0 Å². The third-order valence-corrected chi connectivity index (χ3v) is 4.64. The molecule has 0 spiro atoms. The molecule has 10 heavy (non-hydrogen) atoms. The maximum Gasteiger partial charge on any atom is 0.128 e. The molecule has 0 bridgehead atoms. The summed E-state index contributed by atoms with van der Waals surface area (Å²) in [4.78, 5) is 0. The number of rotatable bonds is 3. The Kier molecular flexibility index (Phi) is 4.03. The van der Waals surface area contributed by atoms with Crippen molar-refractivity contribution < 1.29 is 4.52 Å². The van der Waals surface area contributed by atoms with Gasteiger partial charge in [0, 0.05) is 6.66 Å². The highest BCUT2D eigenvalue weighted by atomic mass is 32.4. The minimum absolute atomic E-state index is 0.234. The van der Waals surface area contributed by atoms with E-state index in [2.05, 4.69) is 0 Å². The normalized spacial score (nSPS) is 17.9. The summed E-state index contributed by atoms with van der Waals surface area (Å²) in [6.45, 7) is 6.00. The summed E-state index contributed by atoms with van der Waals surface area (Å²) in [5.41, 5.74) is 0. The zero-order valence-electron chi connectivity index (χ0n) is 7.29. The maximum atomic E-state index is 5.55. The third-order valence-electron chi connectivity index (χ3n) is 1.13. The second-order valence-electron chi connectivity index (χ2n) is 2.80. The van der Waals surface area contributed by atoms with Crippen LogP contribution < -0.4 is 0 Å². The first-order valence-electron chi connectivity index (χ1n) is 3.30. The van der Waals surface area contributed by atoms with Crippen molar-refractivity contribution >= 4 is 18.2 Å². The van der Waals surface area contributed by atoms with Crippen LogP contribution >= 0.6 is 6.42 Å². The summed E-state index contributed by atoms with van der Waals surface area (Å²) in [6, 6.07) is 0. The Morgan fingerprint density at radius 1 is 1.40 bits per heavy atom. The van der Waals surface area contributed by atoms with Gasteiger partial charge >= 0.3 is 0 Å². The standard InChI is InChI=1S/C6H16NOPS/c1-6(2)8-9(5,10)7(3)4/h6H,1-5H3. The van der Waals surface area contributed by atoms with Crippen molar-refractivity contribution in [1.29, 1.82) is 0 Å². The highest BCUT2D eigenvalue weighted by Crippen LogP contribution is 2.45. The second-order valence-corrected chi connectivity index (χ2v) is 7.45. The molecule has 62 valence electrons. The molecular formula is C6H16NOPS. The van der Waals surface area contributed by atoms with Gasteiger partial charge in [0.1, 0.15) is 6.42 Å². The molecule has 0 saturated heterocycles. The van der Waals surface area contributed by atoms with E-state index < -0.39 is 6.42 Å². The van der Waals surface area contributed by atoms with Crippen LogP contribution in [0.15, 0.2) is 0 Å². The molecule has 0 aromatic rings. The second kappa shape index (κ2) is 3.82. The fourth-order valence-electron chi connectivity index (χ4n) is 0.485. The first kappa shape index (κ1) is 10.6. The monoisotopic (exact) mass is 181 g/mol. The molecule has 2 nitrogen and oxygen atoms in total. The van der Waals surface area contributed by atoms with Crippen molar-refractivity contribution in [1.82, 2.24) is 4.67 Å². The van der Waals surface area contributed by atoms with E-state index >= 15 is 0 Å². The number of hydrogen-bond acceptors (Lipinski definition) is 2. The van der Waals surface area contributed by atoms with Gasteiger partial charge in [0.15, 0.2) is 0 Å². The van der Waals surface area contributed by atoms with Gasteiger partial charge in [-0.25, -0.2) is 0 Å². The molecule has 0 aromatic carbocycles. The summed E-state index contributed by atoms with van der Waals surface area (Å²) < 4.78 is 7.54. The van der Waals surface area contributed by atoms with Crippen molar-refractivity contribution in [3.8, 4) is 0 Å². The third kappa shape index (κ3) is 3.67. The van der Waals surface area contributed by atoms with Gasteiger partial charge in [0.25, 0.3) is 0 Å². The Morgan fingerprint density at radius 3 is 1.90 bits per heavy atom. The Morgan fingerprint density at radius 2 is 1.80 bits per heavy atom. The van der Waals surface area contributed by atoms with E-state index in [0.717, 1.165) is 0 Å². The molecule has 0 aliphatic carbocycles. The van der Waals surface area contributed by atoms with E-state index in [9.17, 15) is 0 Å². The smallest absolute Gasteiger partial charge is 0.128 e. The quantitative estimate of drug-likeness (QED) is 0.617. The molecule has 1 unspecified atom stereocenters. The van der Waals surface area contributed by atoms with E-state index in [1.54, 1.807) is 0 Å². The van der Waals surface area contributed by atoms with Crippen molar-refractivity contribution in [2.45, 2.75) is 20.0 Å². The lowest BCUT2D eigenvalue weighted by atomic mass is 10.5. The van der Waals surface area contributed by atoms with Crippen LogP contribution in [0.1, 0.15) is 13.8 Å². The van der Waals surface area contributed by atoms with E-state index in [1.807, 2.05) is 39.3 Å². The predicted octanol–water partition coefficient (Wildman–Crippen LogP) is 1.91.